The van der Waals surface area contributed by atoms with Crippen molar-refractivity contribution in [2.45, 2.75) is 6.29 Å². The van der Waals surface area contributed by atoms with Gasteiger partial charge in [-0.1, -0.05) is 11.6 Å². The lowest BCUT2D eigenvalue weighted by molar-refractivity contribution is -0.155. The maximum Gasteiger partial charge on any atom is 0.354 e. The van der Waals surface area contributed by atoms with Gasteiger partial charge in [0.05, 0.1) is 0 Å². The number of phenolic OH excluding ortho intramolecular Hbond substituents is 1. The van der Waals surface area contributed by atoms with Gasteiger partial charge in [-0.25, -0.2) is 4.79 Å². The van der Waals surface area contributed by atoms with E-state index < -0.39 is 12.3 Å². The summed E-state index contributed by atoms with van der Waals surface area (Å²) < 4.78 is 9.82. The Balaban J connectivity index is 2.22. The monoisotopic (exact) mass is 255 g/mol. The molecule has 0 bridgehead atoms. The van der Waals surface area contributed by atoms with Crippen LogP contribution in [0.25, 0.3) is 0 Å². The zero-order chi connectivity index (χ0) is 12.4. The molecule has 2 N–H and O–H groups in total. The van der Waals surface area contributed by atoms with Gasteiger partial charge in [-0.05, 0) is 24.3 Å². The number of methoxy groups -OCH3 is 1. The number of cyclic esters (lactones) is 1. The lowest BCUT2D eigenvalue weighted by Crippen LogP contribution is -2.18. The van der Waals surface area contributed by atoms with Crippen molar-refractivity contribution in [3.63, 3.8) is 0 Å². The van der Waals surface area contributed by atoms with Gasteiger partial charge < -0.3 is 19.9 Å². The molecule has 0 saturated carbocycles. The van der Waals surface area contributed by atoms with Crippen molar-refractivity contribution >= 4 is 23.3 Å². The second-order valence-electron chi connectivity index (χ2n) is 3.37. The molecule has 5 nitrogen and oxygen atoms in total. The van der Waals surface area contributed by atoms with Gasteiger partial charge in [0, 0.05) is 12.8 Å². The summed E-state index contributed by atoms with van der Waals surface area (Å²) in [4.78, 5) is 11.2. The van der Waals surface area contributed by atoms with E-state index in [2.05, 4.69) is 5.32 Å². The van der Waals surface area contributed by atoms with Crippen molar-refractivity contribution in [3.05, 3.63) is 35.0 Å². The summed E-state index contributed by atoms with van der Waals surface area (Å²) in [7, 11) is 1.41. The summed E-state index contributed by atoms with van der Waals surface area (Å²) in [5.41, 5.74) is 1.01. The maximum atomic E-state index is 11.2. The normalized spacial score (nSPS) is 19.4. The Morgan fingerprint density at radius 1 is 1.41 bits per heavy atom. The standard InChI is InChI=1S/C11H10ClNO4/c1-16-11-9(8(12)10(15)17-11)13-6-2-4-7(14)5-3-6/h2-5,11,13-14H,1H3/t11-/m0/s1. The SMILES string of the molecule is CO[C@H]1OC(=O)C(Cl)=C1Nc1ccc(O)cc1. The molecule has 0 unspecified atom stereocenters. The number of hydrogen-bond donors (Lipinski definition) is 2. The third-order valence-corrected chi connectivity index (χ3v) is 2.58. The van der Waals surface area contributed by atoms with Gasteiger partial charge in [0.2, 0.25) is 6.29 Å². The number of rotatable bonds is 3. The molecule has 1 aromatic rings. The van der Waals surface area contributed by atoms with Crippen LogP contribution in [0.5, 0.6) is 5.75 Å². The third kappa shape index (κ3) is 2.35. The molecular formula is C11H10ClNO4. The van der Waals surface area contributed by atoms with Gasteiger partial charge in [0.1, 0.15) is 11.4 Å². The summed E-state index contributed by atoms with van der Waals surface area (Å²) >= 11 is 5.80. The van der Waals surface area contributed by atoms with E-state index in [-0.39, 0.29) is 10.8 Å². The molecule has 1 aromatic carbocycles. The molecule has 6 heteroatoms. The minimum atomic E-state index is -0.830. The number of benzene rings is 1. The van der Waals surface area contributed by atoms with Crippen LogP contribution in [0, 0.1) is 0 Å². The summed E-state index contributed by atoms with van der Waals surface area (Å²) in [6.07, 6.45) is -0.830. The predicted octanol–water partition coefficient (Wildman–Crippen LogP) is 1.78. The molecule has 0 aliphatic carbocycles. The largest absolute Gasteiger partial charge is 0.508 e. The number of aromatic hydroxyl groups is 1. The van der Waals surface area contributed by atoms with Gasteiger partial charge in [0.15, 0.2) is 5.03 Å². The Bertz CT molecular complexity index is 469. The van der Waals surface area contributed by atoms with Gasteiger partial charge in [-0.15, -0.1) is 0 Å². The zero-order valence-electron chi connectivity index (χ0n) is 8.94. The van der Waals surface area contributed by atoms with E-state index in [9.17, 15) is 4.79 Å². The van der Waals surface area contributed by atoms with Crippen LogP contribution in [0.2, 0.25) is 0 Å². The highest BCUT2D eigenvalue weighted by atomic mass is 35.5. The van der Waals surface area contributed by atoms with Gasteiger partial charge in [-0.2, -0.15) is 0 Å². The molecule has 0 fully saturated rings. The van der Waals surface area contributed by atoms with Crippen molar-refractivity contribution in [2.75, 3.05) is 12.4 Å². The lowest BCUT2D eigenvalue weighted by atomic mass is 10.3. The van der Waals surface area contributed by atoms with Crippen molar-refractivity contribution in [1.82, 2.24) is 0 Å². The van der Waals surface area contributed by atoms with Crippen LogP contribution in [-0.4, -0.2) is 24.5 Å². The Kier molecular flexibility index (Phi) is 3.21. The Labute approximate surface area is 103 Å². The van der Waals surface area contributed by atoms with Crippen molar-refractivity contribution in [3.8, 4) is 5.75 Å². The highest BCUT2D eigenvalue weighted by Gasteiger charge is 2.33. The van der Waals surface area contributed by atoms with Crippen LogP contribution < -0.4 is 5.32 Å². The smallest absolute Gasteiger partial charge is 0.354 e. The average Bonchev–Trinajstić information content (AvgIpc) is 2.59. The highest BCUT2D eigenvalue weighted by Crippen LogP contribution is 2.27. The first-order valence-corrected chi connectivity index (χ1v) is 5.19. The van der Waals surface area contributed by atoms with Crippen molar-refractivity contribution < 1.29 is 19.4 Å². The Hall–Kier alpha value is -1.72. The Morgan fingerprint density at radius 2 is 2.06 bits per heavy atom. The molecule has 0 amide bonds. The van der Waals surface area contributed by atoms with Crippen LogP contribution >= 0.6 is 11.6 Å². The molecule has 1 aliphatic heterocycles. The highest BCUT2D eigenvalue weighted by molar-refractivity contribution is 6.42. The number of carbonyl (C=O) groups is 1. The van der Waals surface area contributed by atoms with Gasteiger partial charge in [0.25, 0.3) is 0 Å². The molecular weight excluding hydrogens is 246 g/mol. The molecule has 0 radical (unpaired) electrons. The first kappa shape index (κ1) is 11.8. The fourth-order valence-electron chi connectivity index (χ4n) is 1.40. The third-order valence-electron chi connectivity index (χ3n) is 2.23. The number of ether oxygens (including phenoxy) is 2. The topological polar surface area (TPSA) is 67.8 Å². The average molecular weight is 256 g/mol. The van der Waals surface area contributed by atoms with E-state index >= 15 is 0 Å². The summed E-state index contributed by atoms with van der Waals surface area (Å²) in [5, 5.41) is 12.0. The summed E-state index contributed by atoms with van der Waals surface area (Å²) in [6, 6.07) is 6.30. The number of phenols is 1. The second kappa shape index (κ2) is 4.65. The number of carbonyl (C=O) groups excluding carboxylic acids is 1. The van der Waals surface area contributed by atoms with E-state index in [1.807, 2.05) is 0 Å². The molecule has 1 aliphatic rings. The van der Waals surface area contributed by atoms with Crippen molar-refractivity contribution in [1.29, 1.82) is 0 Å². The minimum Gasteiger partial charge on any atom is -0.508 e. The van der Waals surface area contributed by atoms with Gasteiger partial charge >= 0.3 is 5.97 Å². The van der Waals surface area contributed by atoms with Crippen LogP contribution in [0.4, 0.5) is 5.69 Å². The number of hydrogen-bond acceptors (Lipinski definition) is 5. The minimum absolute atomic E-state index is 0.0371. The molecule has 90 valence electrons. The fraction of sp³-hybridized carbons (Fsp3) is 0.182. The second-order valence-corrected chi connectivity index (χ2v) is 3.75. The van der Waals surface area contributed by atoms with Gasteiger partial charge in [-0.3, -0.25) is 0 Å². The predicted molar refractivity (Wildman–Crippen MR) is 61.5 cm³/mol. The van der Waals surface area contributed by atoms with E-state index in [0.717, 1.165) is 0 Å². The fourth-order valence-corrected chi connectivity index (χ4v) is 1.58. The van der Waals surface area contributed by atoms with Crippen LogP contribution in [0.1, 0.15) is 0 Å². The number of halogens is 1. The van der Waals surface area contributed by atoms with Crippen LogP contribution in [0.3, 0.4) is 0 Å². The zero-order valence-corrected chi connectivity index (χ0v) is 9.69. The molecule has 1 heterocycles. The van der Waals surface area contributed by atoms with E-state index in [1.54, 1.807) is 12.1 Å². The molecule has 0 saturated heterocycles. The number of anilines is 1. The molecule has 0 aromatic heterocycles. The van der Waals surface area contributed by atoms with Crippen molar-refractivity contribution in [2.24, 2.45) is 0 Å². The summed E-state index contributed by atoms with van der Waals surface area (Å²) in [6.45, 7) is 0. The first-order chi connectivity index (χ1) is 8.11. The molecule has 2 rings (SSSR count). The molecule has 0 spiro atoms. The number of nitrogens with one attached hydrogen (secondary N) is 1. The van der Waals surface area contributed by atoms with Crippen LogP contribution in [-0.2, 0) is 14.3 Å². The van der Waals surface area contributed by atoms with E-state index in [1.165, 1.54) is 19.2 Å². The van der Waals surface area contributed by atoms with E-state index in [4.69, 9.17) is 26.2 Å². The lowest BCUT2D eigenvalue weighted by Gasteiger charge is -2.13. The quantitative estimate of drug-likeness (QED) is 0.637. The number of esters is 1. The summed E-state index contributed by atoms with van der Waals surface area (Å²) in [5.74, 6) is -0.475. The maximum absolute atomic E-state index is 11.2. The molecule has 1 atom stereocenters. The van der Waals surface area contributed by atoms with E-state index in [0.29, 0.717) is 11.4 Å². The van der Waals surface area contributed by atoms with Crippen LogP contribution in [0.15, 0.2) is 35.0 Å². The molecule has 17 heavy (non-hydrogen) atoms. The Morgan fingerprint density at radius 3 is 2.65 bits per heavy atom. The first-order valence-electron chi connectivity index (χ1n) is 4.81.